The molecule has 0 radical (unpaired) electrons. The monoisotopic (exact) mass is 1190 g/mol. The topological polar surface area (TPSA) is 257 Å². The average Bonchev–Trinajstić information content (AvgIpc) is 3.72. The SMILES string of the molecule is CC(C)(C)OC(=O)N[C@@H](CCCCI)C(=O)OC(C)(C)C.COC(=O)C(CCCC[C@H](NC(=O)OC(C)(C)C)C(=O)OC(C)(C)C)C(=O)C1CSC(C)(C)N1C=O.COC(=O)CC(=O)C1CSC(C)(C)N1C=O. The summed E-state index contributed by atoms with van der Waals surface area (Å²) >= 11 is 5.29. The summed E-state index contributed by atoms with van der Waals surface area (Å²) in [7, 11) is 2.46. The number of nitrogens with one attached hydrogen (secondary N) is 2. The van der Waals surface area contributed by atoms with Crippen LogP contribution in [0.4, 0.5) is 9.59 Å². The number of ether oxygens (including phenoxy) is 6. The summed E-state index contributed by atoms with van der Waals surface area (Å²) in [6.07, 6.45) is 3.34. The number of thioether (sulfide) groups is 2. The van der Waals surface area contributed by atoms with Gasteiger partial charge in [0.2, 0.25) is 12.8 Å². The average molecular weight is 1190 g/mol. The molecule has 23 heteroatoms. The van der Waals surface area contributed by atoms with E-state index in [1.54, 1.807) is 83.1 Å². The lowest BCUT2D eigenvalue weighted by Crippen LogP contribution is -2.48. The molecule has 0 aromatic carbocycles. The van der Waals surface area contributed by atoms with Crippen LogP contribution in [0.25, 0.3) is 0 Å². The summed E-state index contributed by atoms with van der Waals surface area (Å²) in [5.74, 6) is -2.96. The second kappa shape index (κ2) is 30.6. The smallest absolute Gasteiger partial charge is 0.408 e. The molecule has 2 rings (SSSR count). The molecule has 0 aliphatic carbocycles. The van der Waals surface area contributed by atoms with Gasteiger partial charge in [0.25, 0.3) is 0 Å². The van der Waals surface area contributed by atoms with Gasteiger partial charge in [0.15, 0.2) is 11.6 Å². The normalized spacial score (nSPS) is 18.3. The number of methoxy groups -OCH3 is 2. The number of hydrogen-bond acceptors (Lipinski definition) is 18. The number of Topliss-reactive ketones (excluding diaryl/α,β-unsaturated/α-hetero) is 2. The van der Waals surface area contributed by atoms with Crippen molar-refractivity contribution in [2.24, 2.45) is 5.92 Å². The molecule has 0 saturated carbocycles. The van der Waals surface area contributed by atoms with Gasteiger partial charge >= 0.3 is 36.1 Å². The molecule has 4 amide bonds. The number of amides is 4. The van der Waals surface area contributed by atoms with E-state index in [4.69, 9.17) is 23.7 Å². The minimum atomic E-state index is -1.03. The Hall–Kier alpha value is -3.87. The molecule has 2 saturated heterocycles. The van der Waals surface area contributed by atoms with Crippen LogP contribution in [0.3, 0.4) is 0 Å². The van der Waals surface area contributed by atoms with Crippen LogP contribution in [-0.4, -0.2) is 157 Å². The molecule has 2 fully saturated rings. The van der Waals surface area contributed by atoms with Crippen molar-refractivity contribution in [3.05, 3.63) is 0 Å². The fourth-order valence-electron chi connectivity index (χ4n) is 6.86. The Morgan fingerprint density at radius 2 is 0.945 bits per heavy atom. The summed E-state index contributed by atoms with van der Waals surface area (Å²) in [5, 5.41) is 5.18. The van der Waals surface area contributed by atoms with Gasteiger partial charge in [0.05, 0.1) is 24.0 Å². The Bertz CT molecular complexity index is 1870. The van der Waals surface area contributed by atoms with Crippen molar-refractivity contribution in [1.29, 1.82) is 0 Å². The second-order valence-corrected chi connectivity index (χ2v) is 26.5. The van der Waals surface area contributed by atoms with Crippen molar-refractivity contribution in [2.45, 2.75) is 218 Å². The number of carbonyl (C=O) groups is 10. The first kappa shape index (κ1) is 69.1. The standard InChI is InChI=1S/C25H42N2O8S.C15H28INO4.C10H15NO4S/c1-23(2,3)34-21(31)17(26-22(32)35-24(4,5)6)13-11-10-12-16(20(30)33-9)19(29)18-14-36-25(7,8)27(18)15-28;1-14(2,3)20-12(18)11(9-7-8-10-16)17-13(19)21-15(4,5)6;1-10(2)11(6-12)7(5-16-10)8(13)4-9(14)15-3/h15-18H,10-14H2,1-9H3,(H,26,32);11H,7-10H2,1-6H3,(H,17,19);6-7H,4-5H2,1-3H3/t16?,17-,18?;11-;/m00./s1. The van der Waals surface area contributed by atoms with Crippen molar-refractivity contribution in [2.75, 3.05) is 30.2 Å². The zero-order valence-corrected chi connectivity index (χ0v) is 50.2. The zero-order valence-electron chi connectivity index (χ0n) is 46.4. The molecule has 0 spiro atoms. The summed E-state index contributed by atoms with van der Waals surface area (Å²) in [4.78, 5) is 122. The number of nitrogens with zero attached hydrogens (tertiary/aromatic N) is 2. The van der Waals surface area contributed by atoms with Gasteiger partial charge in [-0.05, 0) is 141 Å². The van der Waals surface area contributed by atoms with E-state index in [2.05, 4.69) is 38.0 Å². The molecule has 0 aromatic rings. The largest absolute Gasteiger partial charge is 0.469 e. The van der Waals surface area contributed by atoms with E-state index in [0.29, 0.717) is 43.6 Å². The number of unbranched alkanes of at least 4 members (excludes halogenated alkanes) is 2. The maximum absolute atomic E-state index is 13.2. The predicted octanol–water partition coefficient (Wildman–Crippen LogP) is 7.71. The highest BCUT2D eigenvalue weighted by molar-refractivity contribution is 14.1. The molecule has 73 heavy (non-hydrogen) atoms. The third kappa shape index (κ3) is 27.5. The second-order valence-electron chi connectivity index (χ2n) is 22.2. The van der Waals surface area contributed by atoms with Gasteiger partial charge in [-0.25, -0.2) is 19.2 Å². The van der Waals surface area contributed by atoms with E-state index < -0.39 is 98.3 Å². The van der Waals surface area contributed by atoms with Gasteiger partial charge in [-0.2, -0.15) is 0 Å². The maximum atomic E-state index is 13.2. The van der Waals surface area contributed by atoms with Crippen LogP contribution in [0, 0.1) is 5.92 Å². The molecular formula is C50H85IN4O16S2. The zero-order chi connectivity index (χ0) is 56.9. The lowest BCUT2D eigenvalue weighted by Gasteiger charge is -2.31. The number of alkyl carbamates (subject to hydrolysis) is 2. The summed E-state index contributed by atoms with van der Waals surface area (Å²) in [6, 6.07) is -2.85. The first-order chi connectivity index (χ1) is 33.3. The molecule has 420 valence electrons. The van der Waals surface area contributed by atoms with Crippen LogP contribution in [0.5, 0.6) is 0 Å². The fraction of sp³-hybridized carbons (Fsp3) is 0.800. The Morgan fingerprint density at radius 3 is 1.30 bits per heavy atom. The number of halogens is 1. The number of alkyl halides is 1. The molecule has 2 heterocycles. The number of ketones is 2. The fourth-order valence-corrected chi connectivity index (χ4v) is 9.84. The quantitative estimate of drug-likeness (QED) is 0.0212. The van der Waals surface area contributed by atoms with E-state index in [9.17, 15) is 47.9 Å². The van der Waals surface area contributed by atoms with E-state index in [1.165, 1.54) is 47.5 Å². The van der Waals surface area contributed by atoms with Gasteiger partial charge in [-0.3, -0.25) is 28.8 Å². The van der Waals surface area contributed by atoms with Crippen molar-refractivity contribution in [1.82, 2.24) is 20.4 Å². The minimum Gasteiger partial charge on any atom is -0.469 e. The Kier molecular flexibility index (Phi) is 29.0. The number of carbonyl (C=O) groups excluding carboxylic acids is 10. The molecular weight excluding hydrogens is 1100 g/mol. The molecule has 2 aliphatic rings. The predicted molar refractivity (Wildman–Crippen MR) is 288 cm³/mol. The third-order valence-electron chi connectivity index (χ3n) is 10.3. The molecule has 2 N–H and O–H groups in total. The van der Waals surface area contributed by atoms with Crippen molar-refractivity contribution in [3.8, 4) is 0 Å². The first-order valence-corrected chi connectivity index (χ1v) is 27.7. The van der Waals surface area contributed by atoms with E-state index in [1.807, 2.05) is 27.7 Å². The van der Waals surface area contributed by atoms with Crippen LogP contribution in [-0.2, 0) is 66.8 Å². The van der Waals surface area contributed by atoms with Crippen LogP contribution in [0.2, 0.25) is 0 Å². The van der Waals surface area contributed by atoms with Crippen LogP contribution >= 0.6 is 46.1 Å². The number of esters is 4. The van der Waals surface area contributed by atoms with Crippen LogP contribution in [0.15, 0.2) is 0 Å². The molecule has 3 unspecified atom stereocenters. The van der Waals surface area contributed by atoms with E-state index in [-0.39, 0.29) is 30.8 Å². The highest BCUT2D eigenvalue weighted by atomic mass is 127. The van der Waals surface area contributed by atoms with Gasteiger partial charge in [-0.15, -0.1) is 23.5 Å². The Labute approximate surface area is 455 Å². The molecule has 0 aromatic heterocycles. The van der Waals surface area contributed by atoms with Crippen molar-refractivity contribution < 1.29 is 76.4 Å². The third-order valence-corrected chi connectivity index (χ3v) is 13.8. The van der Waals surface area contributed by atoms with Gasteiger partial charge in [0, 0.05) is 11.5 Å². The lowest BCUT2D eigenvalue weighted by atomic mass is 9.91. The van der Waals surface area contributed by atoms with Crippen molar-refractivity contribution in [3.63, 3.8) is 0 Å². The van der Waals surface area contributed by atoms with Gasteiger partial charge in [-0.1, -0.05) is 41.9 Å². The van der Waals surface area contributed by atoms with Crippen molar-refractivity contribution >= 4 is 107 Å². The minimum absolute atomic E-state index is 0.188. The van der Waals surface area contributed by atoms with Gasteiger partial charge < -0.3 is 48.9 Å². The Morgan fingerprint density at radius 1 is 0.575 bits per heavy atom. The number of hydrogen-bond donors (Lipinski definition) is 2. The molecule has 5 atom stereocenters. The first-order valence-electron chi connectivity index (χ1n) is 24.3. The highest BCUT2D eigenvalue weighted by Gasteiger charge is 2.46. The van der Waals surface area contributed by atoms with E-state index in [0.717, 1.165) is 17.3 Å². The van der Waals surface area contributed by atoms with Gasteiger partial charge in [0.1, 0.15) is 58.9 Å². The van der Waals surface area contributed by atoms with Crippen LogP contribution in [0.1, 0.15) is 162 Å². The molecule has 20 nitrogen and oxygen atoms in total. The Balaban J connectivity index is 0.00000118. The number of rotatable bonds is 21. The molecule has 2 aliphatic heterocycles. The highest BCUT2D eigenvalue weighted by Crippen LogP contribution is 2.40. The van der Waals surface area contributed by atoms with Crippen LogP contribution < -0.4 is 10.6 Å². The summed E-state index contributed by atoms with van der Waals surface area (Å²) in [5.41, 5.74) is -2.65. The lowest BCUT2D eigenvalue weighted by molar-refractivity contribution is -0.158. The summed E-state index contributed by atoms with van der Waals surface area (Å²) in [6.45, 7) is 28.5. The molecule has 0 bridgehead atoms. The summed E-state index contributed by atoms with van der Waals surface area (Å²) < 4.78 is 31.6. The maximum Gasteiger partial charge on any atom is 0.408 e. The van der Waals surface area contributed by atoms with E-state index >= 15 is 0 Å².